The zero-order chi connectivity index (χ0) is 12.8. The van der Waals surface area contributed by atoms with Crippen molar-refractivity contribution in [3.63, 3.8) is 0 Å². The second-order valence-electron chi connectivity index (χ2n) is 4.48. The smallest absolute Gasteiger partial charge is 0.103 e. The molecule has 0 saturated heterocycles. The van der Waals surface area contributed by atoms with Gasteiger partial charge in [0.25, 0.3) is 0 Å². The minimum absolute atomic E-state index is 0.451. The molecule has 0 aliphatic rings. The lowest BCUT2D eigenvalue weighted by Gasteiger charge is -2.13. The predicted octanol–water partition coefficient (Wildman–Crippen LogP) is 1.99. The van der Waals surface area contributed by atoms with E-state index in [1.54, 1.807) is 0 Å². The molecule has 0 amide bonds. The van der Waals surface area contributed by atoms with Crippen LogP contribution in [0.25, 0.3) is 0 Å². The summed E-state index contributed by atoms with van der Waals surface area (Å²) in [4.78, 5) is 2.64. The van der Waals surface area contributed by atoms with E-state index in [2.05, 4.69) is 31.2 Å². The zero-order valence-electron chi connectivity index (χ0n) is 10.8. The minimum atomic E-state index is 0.451. The highest BCUT2D eigenvalue weighted by atomic mass is 32.1. The summed E-state index contributed by atoms with van der Waals surface area (Å²) in [6.07, 6.45) is 1.13. The van der Waals surface area contributed by atoms with Crippen LogP contribution in [0.3, 0.4) is 0 Å². The van der Waals surface area contributed by atoms with Crippen LogP contribution in [0.5, 0.6) is 0 Å². The summed E-state index contributed by atoms with van der Waals surface area (Å²) in [7, 11) is 4.17. The summed E-state index contributed by atoms with van der Waals surface area (Å²) in [5.41, 5.74) is 8.86. The fourth-order valence-electron chi connectivity index (χ4n) is 1.63. The molecule has 1 rings (SSSR count). The van der Waals surface area contributed by atoms with Crippen LogP contribution in [0.2, 0.25) is 0 Å². The first-order valence-corrected chi connectivity index (χ1v) is 6.20. The molecule has 0 spiro atoms. The van der Waals surface area contributed by atoms with Crippen LogP contribution in [0, 0.1) is 6.92 Å². The number of aryl methyl sites for hydroxylation is 1. The highest BCUT2D eigenvalue weighted by Crippen LogP contribution is 2.16. The average molecular weight is 251 g/mol. The monoisotopic (exact) mass is 251 g/mol. The minimum Gasteiger partial charge on any atom is -0.389 e. The Morgan fingerprint density at radius 2 is 2.12 bits per heavy atom. The van der Waals surface area contributed by atoms with Gasteiger partial charge in [-0.1, -0.05) is 12.2 Å². The van der Waals surface area contributed by atoms with Gasteiger partial charge in [-0.3, -0.25) is 0 Å². The second-order valence-corrected chi connectivity index (χ2v) is 4.92. The molecule has 0 aliphatic heterocycles. The SMILES string of the molecule is Cc1cc(C(N)=S)ccc1NCCCN(C)C. The largest absolute Gasteiger partial charge is 0.389 e. The second kappa shape index (κ2) is 6.57. The van der Waals surface area contributed by atoms with Crippen LogP contribution in [0.4, 0.5) is 5.69 Å². The maximum Gasteiger partial charge on any atom is 0.103 e. The molecule has 0 atom stereocenters. The molecule has 1 aromatic rings. The number of rotatable bonds is 6. The van der Waals surface area contributed by atoms with Crippen molar-refractivity contribution >= 4 is 22.9 Å². The molecule has 0 heterocycles. The van der Waals surface area contributed by atoms with Gasteiger partial charge in [-0.25, -0.2) is 0 Å². The summed E-state index contributed by atoms with van der Waals surface area (Å²) in [5.74, 6) is 0. The standard InChI is InChI=1S/C13H21N3S/c1-10-9-11(13(14)17)5-6-12(10)15-7-4-8-16(2)3/h5-6,9,15H,4,7-8H2,1-3H3,(H2,14,17). The normalized spacial score (nSPS) is 10.6. The quantitative estimate of drug-likeness (QED) is 0.599. The molecule has 3 nitrogen and oxygen atoms in total. The van der Waals surface area contributed by atoms with Gasteiger partial charge < -0.3 is 16.0 Å². The van der Waals surface area contributed by atoms with E-state index in [9.17, 15) is 0 Å². The third-order valence-electron chi connectivity index (χ3n) is 2.61. The molecule has 1 aromatic carbocycles. The molecule has 0 aromatic heterocycles. The van der Waals surface area contributed by atoms with E-state index < -0.39 is 0 Å². The molecule has 17 heavy (non-hydrogen) atoms. The van der Waals surface area contributed by atoms with Gasteiger partial charge in [-0.2, -0.15) is 0 Å². The highest BCUT2D eigenvalue weighted by molar-refractivity contribution is 7.80. The fraction of sp³-hybridized carbons (Fsp3) is 0.462. The number of nitrogens with zero attached hydrogens (tertiary/aromatic N) is 1. The molecular formula is C13H21N3S. The molecule has 0 radical (unpaired) electrons. The Morgan fingerprint density at radius 3 is 2.65 bits per heavy atom. The summed E-state index contributed by atoms with van der Waals surface area (Å²) in [5, 5.41) is 3.42. The van der Waals surface area contributed by atoms with Gasteiger partial charge in [-0.05, 0) is 57.7 Å². The Bertz CT molecular complexity index is 388. The van der Waals surface area contributed by atoms with Crippen molar-refractivity contribution in [1.82, 2.24) is 4.90 Å². The third kappa shape index (κ3) is 4.71. The van der Waals surface area contributed by atoms with Gasteiger partial charge in [0.05, 0.1) is 0 Å². The Morgan fingerprint density at radius 1 is 1.41 bits per heavy atom. The fourth-order valence-corrected chi connectivity index (χ4v) is 1.76. The molecule has 0 bridgehead atoms. The van der Waals surface area contributed by atoms with Crippen LogP contribution >= 0.6 is 12.2 Å². The molecule has 0 aliphatic carbocycles. The zero-order valence-corrected chi connectivity index (χ0v) is 11.6. The van der Waals surface area contributed by atoms with Crippen molar-refractivity contribution in [1.29, 1.82) is 0 Å². The summed E-state index contributed by atoms with van der Waals surface area (Å²) in [6.45, 7) is 4.14. The van der Waals surface area contributed by atoms with E-state index in [1.807, 2.05) is 18.2 Å². The van der Waals surface area contributed by atoms with E-state index in [0.717, 1.165) is 30.8 Å². The van der Waals surface area contributed by atoms with Crippen LogP contribution in [0.15, 0.2) is 18.2 Å². The first-order chi connectivity index (χ1) is 8.00. The van der Waals surface area contributed by atoms with Gasteiger partial charge in [-0.15, -0.1) is 0 Å². The third-order valence-corrected chi connectivity index (χ3v) is 2.84. The van der Waals surface area contributed by atoms with E-state index in [0.29, 0.717) is 4.99 Å². The molecule has 94 valence electrons. The number of hydrogen-bond donors (Lipinski definition) is 2. The number of thiocarbonyl (C=S) groups is 1. The van der Waals surface area contributed by atoms with Gasteiger partial charge in [0.15, 0.2) is 0 Å². The maximum absolute atomic E-state index is 5.59. The van der Waals surface area contributed by atoms with Gasteiger partial charge in [0, 0.05) is 17.8 Å². The Labute approximate surface area is 109 Å². The molecule has 0 unspecified atom stereocenters. The van der Waals surface area contributed by atoms with Crippen molar-refractivity contribution < 1.29 is 0 Å². The Hall–Kier alpha value is -1.13. The number of hydrogen-bond acceptors (Lipinski definition) is 3. The first-order valence-electron chi connectivity index (χ1n) is 5.80. The summed E-state index contributed by atoms with van der Waals surface area (Å²) >= 11 is 4.95. The average Bonchev–Trinajstić information content (AvgIpc) is 2.25. The number of anilines is 1. The lowest BCUT2D eigenvalue weighted by Crippen LogP contribution is -2.16. The molecular weight excluding hydrogens is 230 g/mol. The molecule has 3 N–H and O–H groups in total. The van der Waals surface area contributed by atoms with Gasteiger partial charge in [0.2, 0.25) is 0 Å². The maximum atomic E-state index is 5.59. The van der Waals surface area contributed by atoms with Gasteiger partial charge >= 0.3 is 0 Å². The van der Waals surface area contributed by atoms with Gasteiger partial charge in [0.1, 0.15) is 4.99 Å². The lowest BCUT2D eigenvalue weighted by molar-refractivity contribution is 0.405. The van der Waals surface area contributed by atoms with E-state index in [-0.39, 0.29) is 0 Å². The molecule has 0 saturated carbocycles. The predicted molar refractivity (Wildman–Crippen MR) is 78.7 cm³/mol. The van der Waals surface area contributed by atoms with E-state index in [4.69, 9.17) is 18.0 Å². The van der Waals surface area contributed by atoms with E-state index >= 15 is 0 Å². The topological polar surface area (TPSA) is 41.3 Å². The van der Waals surface area contributed by atoms with Crippen LogP contribution in [-0.2, 0) is 0 Å². The van der Waals surface area contributed by atoms with Crippen molar-refractivity contribution in [2.45, 2.75) is 13.3 Å². The van der Waals surface area contributed by atoms with Crippen LogP contribution < -0.4 is 11.1 Å². The number of nitrogens with two attached hydrogens (primary N) is 1. The van der Waals surface area contributed by atoms with Crippen LogP contribution in [0.1, 0.15) is 17.5 Å². The number of benzene rings is 1. The van der Waals surface area contributed by atoms with Crippen molar-refractivity contribution in [3.05, 3.63) is 29.3 Å². The molecule has 0 fully saturated rings. The van der Waals surface area contributed by atoms with Crippen molar-refractivity contribution in [2.75, 3.05) is 32.5 Å². The Kier molecular flexibility index (Phi) is 5.38. The summed E-state index contributed by atoms with van der Waals surface area (Å²) in [6, 6.07) is 6.03. The van der Waals surface area contributed by atoms with Crippen molar-refractivity contribution in [2.24, 2.45) is 5.73 Å². The van der Waals surface area contributed by atoms with Crippen molar-refractivity contribution in [3.8, 4) is 0 Å². The summed E-state index contributed by atoms with van der Waals surface area (Å²) < 4.78 is 0. The Balaban J connectivity index is 2.52. The highest BCUT2D eigenvalue weighted by Gasteiger charge is 2.01. The number of nitrogens with one attached hydrogen (secondary N) is 1. The molecule has 4 heteroatoms. The first kappa shape index (κ1) is 13.9. The lowest BCUT2D eigenvalue weighted by atomic mass is 10.1. The van der Waals surface area contributed by atoms with E-state index in [1.165, 1.54) is 5.56 Å². The van der Waals surface area contributed by atoms with Crippen LogP contribution in [-0.4, -0.2) is 37.1 Å².